The molecule has 3 aliphatic rings. The zero-order chi connectivity index (χ0) is 26.0. The second-order valence-electron chi connectivity index (χ2n) is 9.05. The van der Waals surface area contributed by atoms with Crippen molar-refractivity contribution in [3.63, 3.8) is 0 Å². The smallest absolute Gasteiger partial charge is 0.288 e. The molecule has 2 aliphatic carbocycles. The van der Waals surface area contributed by atoms with Gasteiger partial charge >= 0.3 is 0 Å². The molecular formula is C29H31NO7. The van der Waals surface area contributed by atoms with E-state index in [-0.39, 0.29) is 11.8 Å². The van der Waals surface area contributed by atoms with Gasteiger partial charge < -0.3 is 33.4 Å². The van der Waals surface area contributed by atoms with Crippen molar-refractivity contribution in [1.82, 2.24) is 5.32 Å². The average molecular weight is 506 g/mol. The second-order valence-corrected chi connectivity index (χ2v) is 9.05. The summed E-state index contributed by atoms with van der Waals surface area (Å²) in [6.07, 6.45) is 7.80. The van der Waals surface area contributed by atoms with Crippen molar-refractivity contribution >= 4 is 11.5 Å². The summed E-state index contributed by atoms with van der Waals surface area (Å²) in [5.41, 5.74) is 5.12. The Morgan fingerprint density at radius 1 is 1.08 bits per heavy atom. The van der Waals surface area contributed by atoms with E-state index in [1.165, 1.54) is 0 Å². The molecule has 0 saturated carbocycles. The molecule has 1 aliphatic heterocycles. The second kappa shape index (κ2) is 10.3. The number of fused-ring (bicyclic) bond motifs is 1. The predicted octanol–water partition coefficient (Wildman–Crippen LogP) is 4.61. The zero-order valence-corrected chi connectivity index (χ0v) is 21.5. The predicted molar refractivity (Wildman–Crippen MR) is 136 cm³/mol. The summed E-state index contributed by atoms with van der Waals surface area (Å²) in [6, 6.07) is 9.63. The number of carbonyl (C=O) groups is 1. The van der Waals surface area contributed by atoms with Crippen LogP contribution in [-0.4, -0.2) is 46.2 Å². The quantitative estimate of drug-likeness (QED) is 0.561. The number of allylic oxidation sites excluding steroid dienone is 6. The largest absolute Gasteiger partial charge is 0.497 e. The van der Waals surface area contributed by atoms with Crippen LogP contribution in [0.3, 0.4) is 0 Å². The number of hydrogen-bond donors (Lipinski definition) is 1. The Hall–Kier alpha value is -3.75. The Labute approximate surface area is 216 Å². The Bertz CT molecular complexity index is 1270. The lowest BCUT2D eigenvalue weighted by atomic mass is 9.92. The third-order valence-electron chi connectivity index (χ3n) is 6.99. The third-order valence-corrected chi connectivity index (χ3v) is 6.99. The normalized spacial score (nSPS) is 19.9. The van der Waals surface area contributed by atoms with Crippen molar-refractivity contribution in [2.24, 2.45) is 0 Å². The van der Waals surface area contributed by atoms with Gasteiger partial charge in [-0.15, -0.1) is 0 Å². The maximum absolute atomic E-state index is 12.9. The number of hydrogen-bond acceptors (Lipinski definition) is 7. The highest BCUT2D eigenvalue weighted by Gasteiger charge is 2.49. The number of carbonyl (C=O) groups excluding carboxylic acids is 1. The van der Waals surface area contributed by atoms with E-state index in [1.807, 2.05) is 36.4 Å². The van der Waals surface area contributed by atoms with Gasteiger partial charge in [-0.2, -0.15) is 0 Å². The highest BCUT2D eigenvalue weighted by Crippen LogP contribution is 2.47. The molecular weight excluding hydrogens is 474 g/mol. The molecule has 1 spiro atoms. The van der Waals surface area contributed by atoms with E-state index in [9.17, 15) is 4.79 Å². The van der Waals surface area contributed by atoms with Gasteiger partial charge in [-0.25, -0.2) is 0 Å². The molecule has 2 heterocycles. The van der Waals surface area contributed by atoms with Crippen LogP contribution in [0.15, 0.2) is 81.9 Å². The number of rotatable bonds is 8. The van der Waals surface area contributed by atoms with Gasteiger partial charge in [0.15, 0.2) is 11.5 Å². The molecule has 1 amide bonds. The van der Waals surface area contributed by atoms with Crippen LogP contribution in [0.1, 0.15) is 36.1 Å². The van der Waals surface area contributed by atoms with Crippen LogP contribution in [0.5, 0.6) is 5.75 Å². The highest BCUT2D eigenvalue weighted by molar-refractivity contribution is 5.88. The summed E-state index contributed by atoms with van der Waals surface area (Å²) < 4.78 is 34.0. The van der Waals surface area contributed by atoms with E-state index in [1.54, 1.807) is 33.7 Å². The molecule has 1 unspecified atom stereocenters. The number of amides is 1. The minimum atomic E-state index is -1.15. The maximum Gasteiger partial charge on any atom is 0.288 e. The molecule has 1 fully saturated rings. The monoisotopic (exact) mass is 505 g/mol. The van der Waals surface area contributed by atoms with Gasteiger partial charge in [-0.05, 0) is 71.7 Å². The van der Waals surface area contributed by atoms with E-state index < -0.39 is 5.79 Å². The molecule has 1 aromatic heterocycles. The lowest BCUT2D eigenvalue weighted by Crippen LogP contribution is -2.38. The van der Waals surface area contributed by atoms with Gasteiger partial charge in [-0.1, -0.05) is 11.6 Å². The molecule has 1 atom stereocenters. The van der Waals surface area contributed by atoms with Crippen molar-refractivity contribution in [1.29, 1.82) is 0 Å². The summed E-state index contributed by atoms with van der Waals surface area (Å²) in [4.78, 5) is 12.9. The molecule has 1 saturated heterocycles. The first kappa shape index (κ1) is 24.9. The number of nitrogens with one attached hydrogen (secondary N) is 1. The Kier molecular flexibility index (Phi) is 6.95. The van der Waals surface area contributed by atoms with Crippen molar-refractivity contribution in [2.45, 2.75) is 31.6 Å². The van der Waals surface area contributed by atoms with E-state index in [4.69, 9.17) is 28.1 Å². The molecule has 1 N–H and O–H groups in total. The summed E-state index contributed by atoms with van der Waals surface area (Å²) in [6.45, 7) is 3.32. The third kappa shape index (κ3) is 4.58. The topological polar surface area (TPSA) is 88.4 Å². The number of methoxy groups -OCH3 is 3. The minimum Gasteiger partial charge on any atom is -0.497 e. The summed E-state index contributed by atoms with van der Waals surface area (Å²) >= 11 is 0. The van der Waals surface area contributed by atoms with Crippen molar-refractivity contribution in [2.75, 3.05) is 34.5 Å². The van der Waals surface area contributed by atoms with Crippen LogP contribution in [-0.2, 0) is 30.3 Å². The molecule has 0 bridgehead atoms. The first-order chi connectivity index (χ1) is 18.0. The van der Waals surface area contributed by atoms with E-state index in [0.717, 1.165) is 33.6 Å². The number of benzene rings is 1. The molecule has 5 rings (SSSR count). The average Bonchev–Trinajstić information content (AvgIpc) is 3.66. The van der Waals surface area contributed by atoms with Gasteiger partial charge in [0.1, 0.15) is 11.5 Å². The fourth-order valence-corrected chi connectivity index (χ4v) is 5.14. The van der Waals surface area contributed by atoms with E-state index in [0.29, 0.717) is 43.5 Å². The van der Waals surface area contributed by atoms with E-state index >= 15 is 0 Å². The zero-order valence-electron chi connectivity index (χ0n) is 21.5. The fraction of sp³-hybridized carbons (Fsp3) is 0.345. The molecule has 194 valence electrons. The summed E-state index contributed by atoms with van der Waals surface area (Å²) in [5, 5.41) is 2.96. The van der Waals surface area contributed by atoms with Crippen LogP contribution in [0.2, 0.25) is 0 Å². The first-order valence-electron chi connectivity index (χ1n) is 12.2. The van der Waals surface area contributed by atoms with Crippen LogP contribution in [0, 0.1) is 0 Å². The molecule has 37 heavy (non-hydrogen) atoms. The van der Waals surface area contributed by atoms with Gasteiger partial charge in [0.2, 0.25) is 5.91 Å². The van der Waals surface area contributed by atoms with Crippen LogP contribution >= 0.6 is 0 Å². The summed E-state index contributed by atoms with van der Waals surface area (Å²) in [7, 11) is 4.83. The molecule has 8 nitrogen and oxygen atoms in total. The van der Waals surface area contributed by atoms with Gasteiger partial charge in [0.25, 0.3) is 5.79 Å². The summed E-state index contributed by atoms with van der Waals surface area (Å²) in [5.74, 6) is 1.21. The molecule has 2 aromatic rings. The van der Waals surface area contributed by atoms with Gasteiger partial charge in [0, 0.05) is 12.3 Å². The van der Waals surface area contributed by atoms with Gasteiger partial charge in [-0.3, -0.25) is 4.79 Å². The standard InChI is InChI=1S/C29H31NO7/c1-18-23(12-19-13-26(33-3)29(27(14-19)34-4)36-10-11-37-29)22-8-7-20(32-2)15-25(22)24(18)16-28(31)30-17-21-6-5-9-35-21/h5-9,12-15,24H,10-11,16-17H2,1-4H3,(H,30,31). The van der Waals surface area contributed by atoms with Crippen LogP contribution in [0.25, 0.3) is 5.57 Å². The molecule has 1 aromatic carbocycles. The van der Waals surface area contributed by atoms with Crippen molar-refractivity contribution < 1.29 is 32.9 Å². The lowest BCUT2D eigenvalue weighted by Gasteiger charge is -2.32. The number of ether oxygens (including phenoxy) is 5. The minimum absolute atomic E-state index is 0.0540. The molecule has 0 radical (unpaired) electrons. The SMILES string of the molecule is COC1=CC(=CC2=C(C)C(CC(=O)NCc3ccco3)c3cc(OC)ccc32)C=C(OC)C12OCCO2. The first-order valence-corrected chi connectivity index (χ1v) is 12.2. The van der Waals surface area contributed by atoms with E-state index in [2.05, 4.69) is 18.3 Å². The van der Waals surface area contributed by atoms with Gasteiger partial charge in [0.05, 0.1) is 47.4 Å². The Morgan fingerprint density at radius 2 is 1.81 bits per heavy atom. The Morgan fingerprint density at radius 3 is 2.43 bits per heavy atom. The molecule has 8 heteroatoms. The lowest BCUT2D eigenvalue weighted by molar-refractivity contribution is -0.150. The number of furan rings is 1. The van der Waals surface area contributed by atoms with Crippen LogP contribution < -0.4 is 10.1 Å². The highest BCUT2D eigenvalue weighted by atomic mass is 16.8. The fourth-order valence-electron chi connectivity index (χ4n) is 5.14. The van der Waals surface area contributed by atoms with Crippen molar-refractivity contribution in [3.05, 3.63) is 94.4 Å². The van der Waals surface area contributed by atoms with Crippen LogP contribution in [0.4, 0.5) is 0 Å². The maximum atomic E-state index is 12.9. The Balaban J connectivity index is 1.48. The van der Waals surface area contributed by atoms with Crippen molar-refractivity contribution in [3.8, 4) is 5.75 Å².